The molecule has 0 bridgehead atoms. The van der Waals surface area contributed by atoms with E-state index in [1.807, 2.05) is 76.2 Å². The second-order valence-electron chi connectivity index (χ2n) is 9.01. The third-order valence-corrected chi connectivity index (χ3v) is 6.88. The summed E-state index contributed by atoms with van der Waals surface area (Å²) in [6.07, 6.45) is 0. The van der Waals surface area contributed by atoms with Crippen LogP contribution in [-0.2, 0) is 29.3 Å². The Balaban J connectivity index is 0.000000203. The lowest BCUT2D eigenvalue weighted by Crippen LogP contribution is -2.41. The normalized spacial score (nSPS) is 15.5. The van der Waals surface area contributed by atoms with E-state index in [0.29, 0.717) is 5.56 Å². The minimum atomic E-state index is -0.441. The molecule has 0 radical (unpaired) electrons. The molecule has 0 aliphatic carbocycles. The first-order chi connectivity index (χ1) is 16.5. The number of hydrogen-bond donors (Lipinski definition) is 1. The van der Waals surface area contributed by atoms with Crippen LogP contribution >= 0.6 is 31.9 Å². The van der Waals surface area contributed by atoms with Gasteiger partial charge in [0, 0.05) is 8.95 Å². The molecule has 0 amide bonds. The van der Waals surface area contributed by atoms with Crippen molar-refractivity contribution in [3.63, 3.8) is 0 Å². The van der Waals surface area contributed by atoms with Crippen LogP contribution < -0.4 is 5.46 Å². The Bertz CT molecular complexity index is 966. The van der Waals surface area contributed by atoms with Crippen molar-refractivity contribution in [3.8, 4) is 0 Å². The van der Waals surface area contributed by atoms with Crippen molar-refractivity contribution in [1.82, 2.24) is 0 Å². The van der Waals surface area contributed by atoms with E-state index in [-0.39, 0.29) is 31.6 Å². The number of halogens is 4. The summed E-state index contributed by atoms with van der Waals surface area (Å²) in [4.78, 5) is 0. The smallest absolute Gasteiger partial charge is 0.399 e. The summed E-state index contributed by atoms with van der Waals surface area (Å²) in [5, 5.41) is 8.61. The maximum atomic E-state index is 12.4. The molecule has 3 aromatic rings. The second-order valence-corrected chi connectivity index (χ2v) is 10.8. The van der Waals surface area contributed by atoms with Gasteiger partial charge in [-0.1, -0.05) is 80.4 Å². The Hall–Kier alpha value is -1.58. The zero-order chi connectivity index (χ0) is 26.1. The topological polar surface area (TPSA) is 38.7 Å². The van der Waals surface area contributed by atoms with Gasteiger partial charge in [-0.25, -0.2) is 8.78 Å². The molecule has 0 saturated carbocycles. The van der Waals surface area contributed by atoms with E-state index in [1.54, 1.807) is 24.3 Å². The van der Waals surface area contributed by atoms with Crippen molar-refractivity contribution >= 4 is 44.4 Å². The molecule has 0 aromatic heterocycles. The van der Waals surface area contributed by atoms with Crippen LogP contribution in [0, 0.1) is 0 Å². The Morgan fingerprint density at radius 3 is 1.34 bits per heavy atom. The minimum Gasteiger partial charge on any atom is -0.399 e. The highest BCUT2D eigenvalue weighted by Gasteiger charge is 2.51. The number of benzene rings is 3. The van der Waals surface area contributed by atoms with Gasteiger partial charge in [-0.3, -0.25) is 0 Å². The van der Waals surface area contributed by atoms with Gasteiger partial charge in [0.05, 0.1) is 17.8 Å². The van der Waals surface area contributed by atoms with Crippen LogP contribution in [0.4, 0.5) is 8.78 Å². The lowest BCUT2D eigenvalue weighted by atomic mass is 9.79. The highest BCUT2D eigenvalue weighted by Crippen LogP contribution is 2.36. The first-order valence-corrected chi connectivity index (χ1v) is 12.8. The second kappa shape index (κ2) is 13.7. The maximum Gasteiger partial charge on any atom is 0.494 e. The van der Waals surface area contributed by atoms with E-state index in [2.05, 4.69) is 31.9 Å². The Kier molecular flexibility index (Phi) is 11.6. The third-order valence-electron chi connectivity index (χ3n) is 5.82. The molecule has 1 fully saturated rings. The van der Waals surface area contributed by atoms with E-state index in [9.17, 15) is 8.78 Å². The molecule has 8 heteroatoms. The molecule has 0 unspecified atom stereocenters. The molecule has 1 saturated heterocycles. The van der Waals surface area contributed by atoms with Crippen molar-refractivity contribution in [3.05, 3.63) is 98.4 Å². The number of aliphatic hydroxyl groups excluding tert-OH is 1. The molecule has 1 N–H and O–H groups in total. The van der Waals surface area contributed by atoms with Crippen molar-refractivity contribution in [2.75, 3.05) is 0 Å². The number of alkyl halides is 2. The number of aliphatic hydroxyl groups is 1. The molecule has 3 aromatic carbocycles. The predicted octanol–water partition coefficient (Wildman–Crippen LogP) is 7.32. The molecule has 188 valence electrons. The van der Waals surface area contributed by atoms with Gasteiger partial charge in [0.25, 0.3) is 0 Å². The fraction of sp³-hybridized carbons (Fsp3) is 0.333. The third kappa shape index (κ3) is 9.10. The predicted molar refractivity (Wildman–Crippen MR) is 146 cm³/mol. The summed E-state index contributed by atoms with van der Waals surface area (Å²) in [5.74, 6) is 0. The summed E-state index contributed by atoms with van der Waals surface area (Å²) in [6.45, 7) is 7.36. The maximum absolute atomic E-state index is 12.4. The lowest BCUT2D eigenvalue weighted by Gasteiger charge is -2.32. The molecular formula is C27H31BBr2F2O3. The molecule has 1 aliphatic rings. The summed E-state index contributed by atoms with van der Waals surface area (Å²) >= 11 is 6.55. The van der Waals surface area contributed by atoms with E-state index in [1.165, 1.54) is 0 Å². The number of rotatable bonds is 4. The van der Waals surface area contributed by atoms with Crippen LogP contribution in [-0.4, -0.2) is 23.4 Å². The van der Waals surface area contributed by atoms with Crippen molar-refractivity contribution in [2.45, 2.75) is 58.9 Å². The van der Waals surface area contributed by atoms with Gasteiger partial charge in [0.15, 0.2) is 0 Å². The standard InChI is InChI=1S/C13H18BFO2.C7H6BrF.C7H7BrO/c1-12(2)13(3,4)17-14(16-12)11-7-5-10(9-15)6-8-11;2*8-7-3-1-6(5-9)2-4-7/h5-8H,9H2,1-4H3;1-4H,5H2;1-4,9H,5H2. The quantitative estimate of drug-likeness (QED) is 0.314. The van der Waals surface area contributed by atoms with Crippen molar-refractivity contribution in [1.29, 1.82) is 0 Å². The monoisotopic (exact) mass is 610 g/mol. The molecule has 3 nitrogen and oxygen atoms in total. The van der Waals surface area contributed by atoms with Gasteiger partial charge in [-0.05, 0) is 74.1 Å². The Morgan fingerprint density at radius 2 is 1.00 bits per heavy atom. The summed E-state index contributed by atoms with van der Waals surface area (Å²) in [6, 6.07) is 22.0. The van der Waals surface area contributed by atoms with Gasteiger partial charge in [0.2, 0.25) is 0 Å². The summed E-state index contributed by atoms with van der Waals surface area (Å²) < 4.78 is 38.1. The van der Waals surface area contributed by atoms with Crippen LogP contribution in [0.2, 0.25) is 0 Å². The van der Waals surface area contributed by atoms with Gasteiger partial charge in [0.1, 0.15) is 13.3 Å². The zero-order valence-corrected chi connectivity index (χ0v) is 23.6. The van der Waals surface area contributed by atoms with Gasteiger partial charge >= 0.3 is 7.12 Å². The van der Waals surface area contributed by atoms with E-state index in [4.69, 9.17) is 14.4 Å². The molecule has 1 aliphatic heterocycles. The average Bonchev–Trinajstić information content (AvgIpc) is 3.07. The van der Waals surface area contributed by atoms with Gasteiger partial charge < -0.3 is 14.4 Å². The van der Waals surface area contributed by atoms with Crippen LogP contribution in [0.5, 0.6) is 0 Å². The van der Waals surface area contributed by atoms with E-state index in [0.717, 1.165) is 25.5 Å². The summed E-state index contributed by atoms with van der Waals surface area (Å²) in [7, 11) is -0.367. The zero-order valence-electron chi connectivity index (χ0n) is 20.4. The van der Waals surface area contributed by atoms with Crippen LogP contribution in [0.25, 0.3) is 0 Å². The molecule has 0 atom stereocenters. The first kappa shape index (κ1) is 29.7. The lowest BCUT2D eigenvalue weighted by molar-refractivity contribution is 0.00578. The fourth-order valence-corrected chi connectivity index (χ4v) is 3.43. The van der Waals surface area contributed by atoms with Gasteiger partial charge in [-0.15, -0.1) is 0 Å². The Labute approximate surface area is 224 Å². The van der Waals surface area contributed by atoms with E-state index >= 15 is 0 Å². The van der Waals surface area contributed by atoms with Crippen LogP contribution in [0.3, 0.4) is 0 Å². The minimum absolute atomic E-state index is 0.118. The van der Waals surface area contributed by atoms with Gasteiger partial charge in [-0.2, -0.15) is 0 Å². The van der Waals surface area contributed by atoms with Crippen molar-refractivity contribution in [2.24, 2.45) is 0 Å². The molecule has 35 heavy (non-hydrogen) atoms. The highest BCUT2D eigenvalue weighted by atomic mass is 79.9. The largest absolute Gasteiger partial charge is 0.494 e. The van der Waals surface area contributed by atoms with Crippen molar-refractivity contribution < 1.29 is 23.2 Å². The SMILES string of the molecule is CC1(C)OB(c2ccc(CF)cc2)OC1(C)C.FCc1ccc(Br)cc1.OCc1ccc(Br)cc1. The van der Waals surface area contributed by atoms with Crippen LogP contribution in [0.1, 0.15) is 44.4 Å². The summed E-state index contributed by atoms with van der Waals surface area (Å²) in [5.41, 5.74) is 2.59. The highest BCUT2D eigenvalue weighted by molar-refractivity contribution is 9.10. The molecular weight excluding hydrogens is 581 g/mol. The molecule has 1 heterocycles. The van der Waals surface area contributed by atoms with Crippen LogP contribution in [0.15, 0.2) is 81.7 Å². The van der Waals surface area contributed by atoms with E-state index < -0.39 is 6.67 Å². The average molecular weight is 612 g/mol. The molecule has 0 spiro atoms. The Morgan fingerprint density at radius 1 is 0.657 bits per heavy atom. The first-order valence-electron chi connectivity index (χ1n) is 11.2. The number of hydrogen-bond acceptors (Lipinski definition) is 3. The fourth-order valence-electron chi connectivity index (χ4n) is 2.91. The molecule has 4 rings (SSSR count).